The molecular formula is C8H15N3O. The number of amides is 1. The van der Waals surface area contributed by atoms with Crippen LogP contribution in [0.2, 0.25) is 0 Å². The van der Waals surface area contributed by atoms with Gasteiger partial charge in [-0.2, -0.15) is 0 Å². The normalized spacial score (nSPS) is 19.8. The van der Waals surface area contributed by atoms with Crippen molar-refractivity contribution < 1.29 is 4.79 Å². The molecule has 4 N–H and O–H groups in total. The maximum Gasteiger partial charge on any atom is 0.239 e. The summed E-state index contributed by atoms with van der Waals surface area (Å²) in [5.74, 6) is 0.576. The van der Waals surface area contributed by atoms with Gasteiger partial charge in [0, 0.05) is 5.92 Å². The minimum atomic E-state index is -0.420. The van der Waals surface area contributed by atoms with Gasteiger partial charge >= 0.3 is 0 Å². The fourth-order valence-electron chi connectivity index (χ4n) is 1.52. The number of hydrogen-bond acceptors (Lipinski definition) is 2. The lowest BCUT2D eigenvalue weighted by molar-refractivity contribution is -0.116. The predicted octanol–water partition coefficient (Wildman–Crippen LogP) is 0.0191. The van der Waals surface area contributed by atoms with Crippen molar-refractivity contribution in [3.63, 3.8) is 0 Å². The summed E-state index contributed by atoms with van der Waals surface area (Å²) in [5, 5.41) is 0. The molecular weight excluding hydrogens is 154 g/mol. The van der Waals surface area contributed by atoms with E-state index in [4.69, 9.17) is 11.5 Å². The Hall–Kier alpha value is -1.06. The van der Waals surface area contributed by atoms with E-state index in [9.17, 15) is 4.79 Å². The summed E-state index contributed by atoms with van der Waals surface area (Å²) < 4.78 is 0. The third-order valence-electron chi connectivity index (χ3n) is 2.19. The molecule has 68 valence electrons. The first kappa shape index (κ1) is 9.03. The van der Waals surface area contributed by atoms with Gasteiger partial charge in [0.25, 0.3) is 0 Å². The van der Waals surface area contributed by atoms with E-state index in [0.717, 1.165) is 12.8 Å². The number of nitrogens with zero attached hydrogens (tertiary/aromatic N) is 1. The molecule has 0 aromatic heterocycles. The van der Waals surface area contributed by atoms with E-state index in [1.54, 1.807) is 0 Å². The van der Waals surface area contributed by atoms with Gasteiger partial charge in [-0.15, -0.1) is 0 Å². The van der Waals surface area contributed by atoms with Crippen LogP contribution in [-0.2, 0) is 4.79 Å². The maximum atomic E-state index is 10.4. The summed E-state index contributed by atoms with van der Waals surface area (Å²) in [4.78, 5) is 14.3. The van der Waals surface area contributed by atoms with Crippen molar-refractivity contribution >= 4 is 11.7 Å². The number of rotatable bonds is 3. The van der Waals surface area contributed by atoms with E-state index in [0.29, 0.717) is 11.8 Å². The monoisotopic (exact) mass is 169 g/mol. The molecule has 0 aromatic carbocycles. The Balaban J connectivity index is 2.39. The fraction of sp³-hybridized carbons (Fsp3) is 0.750. The van der Waals surface area contributed by atoms with Gasteiger partial charge < -0.3 is 11.5 Å². The molecule has 12 heavy (non-hydrogen) atoms. The Morgan fingerprint density at radius 2 is 1.92 bits per heavy atom. The van der Waals surface area contributed by atoms with Gasteiger partial charge in [0.2, 0.25) is 5.91 Å². The van der Waals surface area contributed by atoms with E-state index < -0.39 is 5.91 Å². The zero-order chi connectivity index (χ0) is 8.97. The average Bonchev–Trinajstić information content (AvgIpc) is 2.51. The van der Waals surface area contributed by atoms with Crippen LogP contribution < -0.4 is 11.5 Å². The van der Waals surface area contributed by atoms with Crippen molar-refractivity contribution in [2.24, 2.45) is 22.4 Å². The molecule has 0 saturated heterocycles. The molecule has 0 spiro atoms. The van der Waals surface area contributed by atoms with Crippen LogP contribution in [0.3, 0.4) is 0 Å². The highest BCUT2D eigenvalue weighted by Crippen LogP contribution is 2.24. The highest BCUT2D eigenvalue weighted by molar-refractivity contribution is 5.86. The highest BCUT2D eigenvalue weighted by atomic mass is 16.1. The quantitative estimate of drug-likeness (QED) is 0.461. The van der Waals surface area contributed by atoms with Crippen molar-refractivity contribution in [2.75, 3.05) is 6.54 Å². The summed E-state index contributed by atoms with van der Waals surface area (Å²) in [6, 6.07) is 0. The topological polar surface area (TPSA) is 81.5 Å². The Kier molecular flexibility index (Phi) is 3.08. The van der Waals surface area contributed by atoms with Gasteiger partial charge in [0.15, 0.2) is 0 Å². The van der Waals surface area contributed by atoms with Crippen LogP contribution in [0.5, 0.6) is 0 Å². The molecule has 0 aliphatic heterocycles. The van der Waals surface area contributed by atoms with Gasteiger partial charge in [-0.25, -0.2) is 0 Å². The first-order chi connectivity index (χ1) is 5.70. The average molecular weight is 169 g/mol. The second-order valence-corrected chi connectivity index (χ2v) is 3.19. The lowest BCUT2D eigenvalue weighted by Gasteiger charge is -2.06. The first-order valence-corrected chi connectivity index (χ1v) is 4.28. The molecule has 1 saturated carbocycles. The number of nitrogens with two attached hydrogens (primary N) is 2. The third-order valence-corrected chi connectivity index (χ3v) is 2.19. The SMILES string of the molecule is NC(=O)CN=C(N)C1CCCC1. The third kappa shape index (κ3) is 2.53. The molecule has 4 nitrogen and oxygen atoms in total. The summed E-state index contributed by atoms with van der Waals surface area (Å²) in [6.07, 6.45) is 4.65. The lowest BCUT2D eigenvalue weighted by Crippen LogP contribution is -2.24. The fourth-order valence-corrected chi connectivity index (χ4v) is 1.52. The van der Waals surface area contributed by atoms with Crippen LogP contribution in [0, 0.1) is 5.92 Å². The minimum absolute atomic E-state index is 0.0301. The van der Waals surface area contributed by atoms with Crippen molar-refractivity contribution in [2.45, 2.75) is 25.7 Å². The van der Waals surface area contributed by atoms with Gasteiger partial charge in [-0.05, 0) is 12.8 Å². The molecule has 1 fully saturated rings. The van der Waals surface area contributed by atoms with Gasteiger partial charge in [0.1, 0.15) is 6.54 Å². The minimum Gasteiger partial charge on any atom is -0.387 e. The second-order valence-electron chi connectivity index (χ2n) is 3.19. The first-order valence-electron chi connectivity index (χ1n) is 4.28. The Morgan fingerprint density at radius 3 is 2.42 bits per heavy atom. The van der Waals surface area contributed by atoms with E-state index >= 15 is 0 Å². The molecule has 0 radical (unpaired) electrons. The highest BCUT2D eigenvalue weighted by Gasteiger charge is 2.18. The lowest BCUT2D eigenvalue weighted by atomic mass is 10.1. The predicted molar refractivity (Wildman–Crippen MR) is 47.6 cm³/mol. The Morgan fingerprint density at radius 1 is 1.33 bits per heavy atom. The molecule has 0 atom stereocenters. The van der Waals surface area contributed by atoms with Gasteiger partial charge in [-0.1, -0.05) is 12.8 Å². The Bertz CT molecular complexity index is 194. The van der Waals surface area contributed by atoms with Gasteiger partial charge in [-0.3, -0.25) is 9.79 Å². The maximum absolute atomic E-state index is 10.4. The number of aliphatic imine (C=N–C) groups is 1. The summed E-state index contributed by atoms with van der Waals surface area (Å²) in [6.45, 7) is 0.0301. The number of amidine groups is 1. The number of hydrogen-bond donors (Lipinski definition) is 2. The summed E-state index contributed by atoms with van der Waals surface area (Å²) in [5.41, 5.74) is 10.6. The largest absolute Gasteiger partial charge is 0.387 e. The smallest absolute Gasteiger partial charge is 0.239 e. The van der Waals surface area contributed by atoms with E-state index in [-0.39, 0.29) is 6.54 Å². The molecule has 0 unspecified atom stereocenters. The van der Waals surface area contributed by atoms with E-state index in [1.165, 1.54) is 12.8 Å². The van der Waals surface area contributed by atoms with Crippen LogP contribution in [-0.4, -0.2) is 18.3 Å². The van der Waals surface area contributed by atoms with Crippen molar-refractivity contribution in [3.05, 3.63) is 0 Å². The zero-order valence-corrected chi connectivity index (χ0v) is 7.12. The number of carbonyl (C=O) groups is 1. The summed E-state index contributed by atoms with van der Waals surface area (Å²) in [7, 11) is 0. The van der Waals surface area contributed by atoms with Crippen LogP contribution in [0.1, 0.15) is 25.7 Å². The van der Waals surface area contributed by atoms with Crippen molar-refractivity contribution in [1.29, 1.82) is 0 Å². The zero-order valence-electron chi connectivity index (χ0n) is 7.12. The molecule has 0 aromatic rings. The molecule has 1 aliphatic rings. The van der Waals surface area contributed by atoms with E-state index in [2.05, 4.69) is 4.99 Å². The van der Waals surface area contributed by atoms with E-state index in [1.807, 2.05) is 0 Å². The van der Waals surface area contributed by atoms with Crippen LogP contribution in [0.25, 0.3) is 0 Å². The molecule has 0 heterocycles. The van der Waals surface area contributed by atoms with Crippen LogP contribution in [0.4, 0.5) is 0 Å². The molecule has 1 aliphatic carbocycles. The summed E-state index contributed by atoms with van der Waals surface area (Å²) >= 11 is 0. The standard InChI is InChI=1S/C8H15N3O/c9-7(12)5-11-8(10)6-3-1-2-4-6/h6H,1-5H2,(H2,9,12)(H2,10,11). The molecule has 4 heteroatoms. The van der Waals surface area contributed by atoms with Crippen LogP contribution >= 0.6 is 0 Å². The number of carbonyl (C=O) groups excluding carboxylic acids is 1. The van der Waals surface area contributed by atoms with Crippen molar-refractivity contribution in [1.82, 2.24) is 0 Å². The number of primary amides is 1. The second kappa shape index (κ2) is 4.09. The van der Waals surface area contributed by atoms with Crippen LogP contribution in [0.15, 0.2) is 4.99 Å². The molecule has 1 rings (SSSR count). The van der Waals surface area contributed by atoms with Gasteiger partial charge in [0.05, 0.1) is 5.84 Å². The molecule has 0 bridgehead atoms. The Labute approximate surface area is 72.0 Å². The molecule has 1 amide bonds. The van der Waals surface area contributed by atoms with Crippen molar-refractivity contribution in [3.8, 4) is 0 Å².